The van der Waals surface area contributed by atoms with Gasteiger partial charge in [0.2, 0.25) is 5.69 Å². The summed E-state index contributed by atoms with van der Waals surface area (Å²) in [6, 6.07) is 70.6. The molecule has 6 heteroatoms. The summed E-state index contributed by atoms with van der Waals surface area (Å²) < 4.78 is 9.12. The zero-order chi connectivity index (χ0) is 41.1. The number of fused-ring (bicyclic) bond motifs is 12. The molecule has 0 saturated carbocycles. The van der Waals surface area contributed by atoms with Crippen LogP contribution in [0.25, 0.3) is 115 Å². The van der Waals surface area contributed by atoms with Crippen molar-refractivity contribution in [3.63, 3.8) is 0 Å². The number of nitrogens with zero attached hydrogens (tertiary/aromatic N) is 6. The Morgan fingerprint density at radius 1 is 0.339 bits per heavy atom. The first-order chi connectivity index (χ1) is 30.7. The molecule has 13 rings (SSSR count). The third-order valence-electron chi connectivity index (χ3n) is 12.8. The third kappa shape index (κ3) is 4.61. The van der Waals surface area contributed by atoms with Gasteiger partial charge in [-0.25, -0.2) is 4.85 Å². The van der Waals surface area contributed by atoms with Crippen LogP contribution in [-0.2, 0) is 0 Å². The topological polar surface area (TPSA) is 47.9 Å². The van der Waals surface area contributed by atoms with E-state index >= 15 is 0 Å². The molecule has 0 aliphatic heterocycles. The average Bonchev–Trinajstić information content (AvgIpc) is 4.04. The monoisotopic (exact) mass is 788 g/mol. The summed E-state index contributed by atoms with van der Waals surface area (Å²) in [5, 5.41) is 20.0. The second kappa shape index (κ2) is 12.8. The summed E-state index contributed by atoms with van der Waals surface area (Å²) in [4.78, 5) is 4.13. The normalized spacial score (nSPS) is 11.8. The minimum Gasteiger partial charge on any atom is -0.319 e. The Kier molecular flexibility index (Phi) is 7.05. The third-order valence-corrected chi connectivity index (χ3v) is 12.8. The van der Waals surface area contributed by atoms with Gasteiger partial charge in [0.15, 0.2) is 0 Å². The first-order valence-corrected chi connectivity index (χ1v) is 20.7. The molecule has 0 radical (unpaired) electrons. The number of hydrogen-bond acceptors (Lipinski definition) is 1. The first-order valence-electron chi connectivity index (χ1n) is 20.7. The smallest absolute Gasteiger partial charge is 0.212 e. The van der Waals surface area contributed by atoms with E-state index < -0.39 is 0 Å². The van der Waals surface area contributed by atoms with E-state index in [2.05, 4.69) is 205 Å². The molecule has 0 N–H and O–H groups in total. The maximum atomic E-state index is 11.0. The number of para-hydroxylation sites is 6. The molecule has 0 aliphatic rings. The lowest BCUT2D eigenvalue weighted by Gasteiger charge is -2.16. The standard InChI is InChI=1S/C56H32N6/c1-58-46-28-35(34-57)51(61-49-26-14-10-22-40(49)44-29-42-38-20-8-12-24-47(38)59(52(42)32-54(44)61)36-16-4-2-5-17-36)31-56(46)62-50-27-15-11-23-41(50)45-30-43-39-21-9-13-25-48(39)60(53(43)33-55(45)62)37-18-6-3-7-19-37/h2-33H. The molecule has 0 atom stereocenters. The van der Waals surface area contributed by atoms with Crippen LogP contribution in [0.4, 0.5) is 5.69 Å². The highest BCUT2D eigenvalue weighted by molar-refractivity contribution is 6.21. The number of rotatable bonds is 4. The molecule has 9 aromatic carbocycles. The Hall–Kier alpha value is -8.84. The summed E-state index contributed by atoms with van der Waals surface area (Å²) in [5.41, 5.74) is 12.8. The van der Waals surface area contributed by atoms with Crippen LogP contribution in [0.3, 0.4) is 0 Å². The van der Waals surface area contributed by atoms with Crippen molar-refractivity contribution in [2.75, 3.05) is 0 Å². The fourth-order valence-electron chi connectivity index (χ4n) is 10.2. The van der Waals surface area contributed by atoms with Gasteiger partial charge in [-0.1, -0.05) is 109 Å². The number of nitriles is 1. The van der Waals surface area contributed by atoms with Gasteiger partial charge in [-0.15, -0.1) is 0 Å². The van der Waals surface area contributed by atoms with Gasteiger partial charge in [0.25, 0.3) is 0 Å². The summed E-state index contributed by atoms with van der Waals surface area (Å²) in [6.45, 7) is 8.57. The first kappa shape index (κ1) is 34.1. The maximum absolute atomic E-state index is 11.0. The number of hydrogen-bond donors (Lipinski definition) is 0. The van der Waals surface area contributed by atoms with Crippen molar-refractivity contribution in [2.24, 2.45) is 0 Å². The van der Waals surface area contributed by atoms with E-state index in [4.69, 9.17) is 6.57 Å². The zero-order valence-corrected chi connectivity index (χ0v) is 33.2. The lowest BCUT2D eigenvalue weighted by atomic mass is 10.1. The molecular formula is C56H32N6. The van der Waals surface area contributed by atoms with Crippen molar-refractivity contribution in [1.29, 1.82) is 5.26 Å². The fraction of sp³-hybridized carbons (Fsp3) is 0. The predicted molar refractivity (Wildman–Crippen MR) is 255 cm³/mol. The van der Waals surface area contributed by atoms with Gasteiger partial charge in [0.05, 0.1) is 73.7 Å². The van der Waals surface area contributed by atoms with Crippen molar-refractivity contribution in [1.82, 2.24) is 18.3 Å². The van der Waals surface area contributed by atoms with E-state index in [1.807, 2.05) is 12.1 Å². The van der Waals surface area contributed by atoms with Gasteiger partial charge >= 0.3 is 0 Å². The Labute approximate surface area is 355 Å². The lowest BCUT2D eigenvalue weighted by molar-refractivity contribution is 1.13. The van der Waals surface area contributed by atoms with E-state index in [1.165, 1.54) is 10.8 Å². The summed E-state index contributed by atoms with van der Waals surface area (Å²) in [7, 11) is 0. The Bertz CT molecular complexity index is 3840. The number of aromatic nitrogens is 4. The molecule has 0 aliphatic carbocycles. The maximum Gasteiger partial charge on any atom is 0.212 e. The summed E-state index contributed by atoms with van der Waals surface area (Å²) in [5.74, 6) is 0. The lowest BCUT2D eigenvalue weighted by Crippen LogP contribution is -2.02. The minimum absolute atomic E-state index is 0.406. The second-order valence-electron chi connectivity index (χ2n) is 15.9. The van der Waals surface area contributed by atoms with Crippen LogP contribution in [0.2, 0.25) is 0 Å². The molecule has 0 spiro atoms. The molecule has 0 bridgehead atoms. The number of benzene rings is 9. The van der Waals surface area contributed by atoms with Crippen molar-refractivity contribution in [3.05, 3.63) is 211 Å². The molecule has 6 nitrogen and oxygen atoms in total. The van der Waals surface area contributed by atoms with Crippen molar-refractivity contribution in [2.45, 2.75) is 0 Å². The Morgan fingerprint density at radius 3 is 1.10 bits per heavy atom. The van der Waals surface area contributed by atoms with E-state index in [0.29, 0.717) is 22.6 Å². The van der Waals surface area contributed by atoms with Crippen LogP contribution in [0.15, 0.2) is 194 Å². The highest BCUT2D eigenvalue weighted by atomic mass is 15.0. The molecule has 62 heavy (non-hydrogen) atoms. The van der Waals surface area contributed by atoms with Gasteiger partial charge in [0.1, 0.15) is 0 Å². The molecule has 0 fully saturated rings. The minimum atomic E-state index is 0.406. The van der Waals surface area contributed by atoms with Crippen LogP contribution in [0.1, 0.15) is 5.56 Å². The van der Waals surface area contributed by atoms with Crippen molar-refractivity contribution < 1.29 is 0 Å². The highest BCUT2D eigenvalue weighted by Gasteiger charge is 2.24. The van der Waals surface area contributed by atoms with Crippen molar-refractivity contribution in [3.8, 4) is 28.8 Å². The van der Waals surface area contributed by atoms with Crippen LogP contribution in [0, 0.1) is 17.9 Å². The van der Waals surface area contributed by atoms with E-state index in [0.717, 1.165) is 87.8 Å². The highest BCUT2D eigenvalue weighted by Crippen LogP contribution is 2.44. The zero-order valence-electron chi connectivity index (χ0n) is 33.2. The van der Waals surface area contributed by atoms with Crippen molar-refractivity contribution >= 4 is 92.9 Å². The van der Waals surface area contributed by atoms with Crippen LogP contribution < -0.4 is 0 Å². The molecule has 0 saturated heterocycles. The van der Waals surface area contributed by atoms with Gasteiger partial charge in [0, 0.05) is 54.5 Å². The van der Waals surface area contributed by atoms with E-state index in [1.54, 1.807) is 6.07 Å². The van der Waals surface area contributed by atoms with Gasteiger partial charge in [-0.05, 0) is 84.9 Å². The van der Waals surface area contributed by atoms with E-state index in [9.17, 15) is 5.26 Å². The van der Waals surface area contributed by atoms with Gasteiger partial charge in [-0.2, -0.15) is 5.26 Å². The Balaban J connectivity index is 1.15. The van der Waals surface area contributed by atoms with Gasteiger partial charge in [-0.3, -0.25) is 0 Å². The predicted octanol–water partition coefficient (Wildman–Crippen LogP) is 14.5. The fourth-order valence-corrected chi connectivity index (χ4v) is 10.2. The SMILES string of the molecule is [C-]#[N+]c1cc(C#N)c(-n2c3ccccc3c3cc4c5ccccc5n(-c5ccccc5)c4cc32)cc1-n1c2ccccc2c2cc3c4ccccc4n(-c4ccccc4)c3cc21. The molecule has 286 valence electrons. The molecular weight excluding hydrogens is 757 g/mol. The summed E-state index contributed by atoms with van der Waals surface area (Å²) in [6.07, 6.45) is 0. The molecule has 13 aromatic rings. The van der Waals surface area contributed by atoms with Crippen LogP contribution in [0.5, 0.6) is 0 Å². The average molecular weight is 789 g/mol. The van der Waals surface area contributed by atoms with Crippen LogP contribution in [-0.4, -0.2) is 18.3 Å². The molecule has 0 unspecified atom stereocenters. The van der Waals surface area contributed by atoms with E-state index in [-0.39, 0.29) is 0 Å². The molecule has 4 heterocycles. The quantitative estimate of drug-likeness (QED) is 0.164. The summed E-state index contributed by atoms with van der Waals surface area (Å²) >= 11 is 0. The van der Waals surface area contributed by atoms with Crippen LogP contribution >= 0.6 is 0 Å². The second-order valence-corrected chi connectivity index (χ2v) is 15.9. The Morgan fingerprint density at radius 2 is 0.694 bits per heavy atom. The molecule has 4 aromatic heterocycles. The largest absolute Gasteiger partial charge is 0.319 e. The molecule has 0 amide bonds. The van der Waals surface area contributed by atoms with Gasteiger partial charge < -0.3 is 18.3 Å².